The summed E-state index contributed by atoms with van der Waals surface area (Å²) in [7, 11) is 0. The maximum Gasteiger partial charge on any atom is 0.255 e. The zero-order valence-corrected chi connectivity index (χ0v) is 27.3. The Labute approximate surface area is 262 Å². The van der Waals surface area contributed by atoms with Crippen LogP contribution >= 0.6 is 0 Å². The Balaban J connectivity index is 1.41. The number of ether oxygens (including phenoxy) is 2. The molecule has 2 aliphatic rings. The van der Waals surface area contributed by atoms with Crippen molar-refractivity contribution < 1.29 is 19.1 Å². The minimum atomic E-state index is -0.415. The number of carbonyl (C=O) groups excluding carboxylic acids is 2. The molecule has 1 fully saturated rings. The van der Waals surface area contributed by atoms with Crippen LogP contribution in [0.3, 0.4) is 0 Å². The molecule has 3 aromatic rings. The van der Waals surface area contributed by atoms with Gasteiger partial charge in [0.2, 0.25) is 5.91 Å². The molecule has 3 aromatic carbocycles. The molecule has 2 amide bonds. The van der Waals surface area contributed by atoms with Crippen LogP contribution in [-0.2, 0) is 20.4 Å². The fourth-order valence-corrected chi connectivity index (χ4v) is 6.62. The monoisotopic (exact) mass is 597 g/mol. The molecule has 1 N–H and O–H groups in total. The van der Waals surface area contributed by atoms with Gasteiger partial charge >= 0.3 is 0 Å². The largest absolute Gasteiger partial charge is 0.492 e. The lowest BCUT2D eigenvalue weighted by molar-refractivity contribution is -0.117. The third kappa shape index (κ3) is 6.40. The predicted octanol–water partition coefficient (Wildman–Crippen LogP) is 6.64. The van der Waals surface area contributed by atoms with Crippen molar-refractivity contribution in [3.63, 3.8) is 0 Å². The van der Waals surface area contributed by atoms with Crippen molar-refractivity contribution in [2.75, 3.05) is 49.7 Å². The molecule has 234 valence electrons. The third-order valence-corrected chi connectivity index (χ3v) is 9.70. The first kappa shape index (κ1) is 31.7. The number of morpholine rings is 1. The van der Waals surface area contributed by atoms with Crippen molar-refractivity contribution >= 4 is 23.2 Å². The zero-order chi connectivity index (χ0) is 31.6. The van der Waals surface area contributed by atoms with Crippen molar-refractivity contribution in [2.45, 2.75) is 65.3 Å². The first-order valence-corrected chi connectivity index (χ1v) is 15.8. The van der Waals surface area contributed by atoms with Gasteiger partial charge in [-0.05, 0) is 77.4 Å². The number of hydrogen-bond donors (Lipinski definition) is 1. The van der Waals surface area contributed by atoms with E-state index in [0.717, 1.165) is 55.4 Å². The van der Waals surface area contributed by atoms with E-state index >= 15 is 0 Å². The molecule has 2 heterocycles. The van der Waals surface area contributed by atoms with E-state index < -0.39 is 5.41 Å². The van der Waals surface area contributed by atoms with Crippen molar-refractivity contribution in [1.29, 1.82) is 0 Å². The summed E-state index contributed by atoms with van der Waals surface area (Å²) in [4.78, 5) is 30.4. The smallest absolute Gasteiger partial charge is 0.255 e. The van der Waals surface area contributed by atoms with Crippen LogP contribution in [0.4, 0.5) is 11.4 Å². The zero-order valence-electron chi connectivity index (χ0n) is 27.3. The first-order chi connectivity index (χ1) is 20.9. The van der Waals surface area contributed by atoms with E-state index in [1.54, 1.807) is 6.92 Å². The molecule has 0 spiro atoms. The van der Waals surface area contributed by atoms with Crippen LogP contribution in [0.15, 0.2) is 66.7 Å². The van der Waals surface area contributed by atoms with Crippen molar-refractivity contribution in [2.24, 2.45) is 5.92 Å². The lowest BCUT2D eigenvalue weighted by Crippen LogP contribution is -2.53. The normalized spacial score (nSPS) is 22.3. The lowest BCUT2D eigenvalue weighted by Gasteiger charge is -2.50. The number of rotatable bonds is 7. The molecule has 7 nitrogen and oxygen atoms in total. The molecule has 3 unspecified atom stereocenters. The molecule has 3 atom stereocenters. The number of nitrogens with one attached hydrogen (secondary N) is 1. The summed E-state index contributed by atoms with van der Waals surface area (Å²) in [6.07, 6.45) is 0. The summed E-state index contributed by atoms with van der Waals surface area (Å²) < 4.78 is 11.5. The Morgan fingerprint density at radius 2 is 1.64 bits per heavy atom. The molecule has 0 aromatic heterocycles. The van der Waals surface area contributed by atoms with Gasteiger partial charge in [0.25, 0.3) is 5.91 Å². The Bertz CT molecular complexity index is 1470. The number of hydrogen-bond acceptors (Lipinski definition) is 5. The van der Waals surface area contributed by atoms with Gasteiger partial charge in [0, 0.05) is 55.0 Å². The highest BCUT2D eigenvalue weighted by atomic mass is 16.5. The number of anilines is 2. The SMILES string of the molecule is CC(=O)N1c2ccc(NC(=O)c3ccc(C(C)(C)C)cc3)cc2C(C)(c2ccc(OCCN3CCOCC3)cc2)C(C)C1C. The van der Waals surface area contributed by atoms with Gasteiger partial charge in [-0.15, -0.1) is 0 Å². The molecule has 0 radical (unpaired) electrons. The molecule has 0 aliphatic carbocycles. The summed E-state index contributed by atoms with van der Waals surface area (Å²) in [6, 6.07) is 22.1. The lowest BCUT2D eigenvalue weighted by atomic mass is 9.62. The number of fused-ring (bicyclic) bond motifs is 1. The molecule has 7 heteroatoms. The van der Waals surface area contributed by atoms with Gasteiger partial charge in [-0.25, -0.2) is 0 Å². The Morgan fingerprint density at radius 1 is 0.977 bits per heavy atom. The number of carbonyl (C=O) groups is 2. The van der Waals surface area contributed by atoms with Crippen molar-refractivity contribution in [1.82, 2.24) is 4.90 Å². The van der Waals surface area contributed by atoms with E-state index in [9.17, 15) is 9.59 Å². The molecule has 44 heavy (non-hydrogen) atoms. The summed E-state index contributed by atoms with van der Waals surface area (Å²) >= 11 is 0. The Morgan fingerprint density at radius 3 is 2.25 bits per heavy atom. The summed E-state index contributed by atoms with van der Waals surface area (Å²) in [5, 5.41) is 3.11. The van der Waals surface area contributed by atoms with Crippen LogP contribution in [0.1, 0.15) is 75.5 Å². The molecule has 0 bridgehead atoms. The maximum absolute atomic E-state index is 13.3. The molecule has 0 saturated carbocycles. The van der Waals surface area contributed by atoms with E-state index in [1.165, 1.54) is 5.56 Å². The second kappa shape index (κ2) is 12.7. The fourth-order valence-electron chi connectivity index (χ4n) is 6.62. The van der Waals surface area contributed by atoms with E-state index in [1.807, 2.05) is 59.5 Å². The highest BCUT2D eigenvalue weighted by Crippen LogP contribution is 2.51. The van der Waals surface area contributed by atoms with Gasteiger partial charge in [-0.2, -0.15) is 0 Å². The van der Waals surface area contributed by atoms with Crippen LogP contribution in [0.25, 0.3) is 0 Å². The third-order valence-electron chi connectivity index (χ3n) is 9.70. The van der Waals surface area contributed by atoms with E-state index in [0.29, 0.717) is 17.9 Å². The highest BCUT2D eigenvalue weighted by Gasteiger charge is 2.47. The standard InChI is InChI=1S/C37H47N3O4/c1-25-26(2)40(27(3)41)34-17-14-31(38-35(42)28-8-10-29(11-9-28)36(4,5)6)24-33(34)37(25,7)30-12-15-32(16-13-30)44-23-20-39-18-21-43-22-19-39/h8-17,24-26H,18-23H2,1-7H3,(H,38,42). The molecular formula is C37H47N3O4. The van der Waals surface area contributed by atoms with E-state index in [4.69, 9.17) is 9.47 Å². The van der Waals surface area contributed by atoms with Crippen molar-refractivity contribution in [3.05, 3.63) is 89.0 Å². The van der Waals surface area contributed by atoms with Crippen LogP contribution in [-0.4, -0.2) is 62.2 Å². The average molecular weight is 598 g/mol. The number of benzene rings is 3. The minimum Gasteiger partial charge on any atom is -0.492 e. The maximum atomic E-state index is 13.3. The quantitative estimate of drug-likeness (QED) is 0.331. The second-order valence-electron chi connectivity index (χ2n) is 13.5. The predicted molar refractivity (Wildman–Crippen MR) is 177 cm³/mol. The van der Waals surface area contributed by atoms with Gasteiger partial charge in [0.05, 0.1) is 13.2 Å². The van der Waals surface area contributed by atoms with Crippen LogP contribution in [0, 0.1) is 5.92 Å². The molecule has 1 saturated heterocycles. The van der Waals surface area contributed by atoms with E-state index in [2.05, 4.69) is 63.9 Å². The van der Waals surface area contributed by atoms with Gasteiger partial charge in [0.15, 0.2) is 0 Å². The van der Waals surface area contributed by atoms with Crippen LogP contribution in [0.2, 0.25) is 0 Å². The van der Waals surface area contributed by atoms with Gasteiger partial charge in [-0.3, -0.25) is 14.5 Å². The van der Waals surface area contributed by atoms with Gasteiger partial charge in [0.1, 0.15) is 12.4 Å². The Kier molecular flexibility index (Phi) is 9.19. The second-order valence-corrected chi connectivity index (χ2v) is 13.5. The van der Waals surface area contributed by atoms with Crippen molar-refractivity contribution in [3.8, 4) is 5.75 Å². The first-order valence-electron chi connectivity index (χ1n) is 15.8. The van der Waals surface area contributed by atoms with E-state index in [-0.39, 0.29) is 29.2 Å². The van der Waals surface area contributed by atoms with Crippen LogP contribution in [0.5, 0.6) is 5.75 Å². The summed E-state index contributed by atoms with van der Waals surface area (Å²) in [6.45, 7) is 19.6. The fraction of sp³-hybridized carbons (Fsp3) is 0.459. The number of amides is 2. The topological polar surface area (TPSA) is 71.1 Å². The van der Waals surface area contributed by atoms with Crippen LogP contribution < -0.4 is 15.0 Å². The summed E-state index contributed by atoms with van der Waals surface area (Å²) in [5.41, 5.74) is 5.12. The Hall–Kier alpha value is -3.68. The van der Waals surface area contributed by atoms with Gasteiger partial charge in [-0.1, -0.05) is 58.9 Å². The molecule has 5 rings (SSSR count). The summed E-state index contributed by atoms with van der Waals surface area (Å²) in [5.74, 6) is 0.785. The molecule has 2 aliphatic heterocycles. The minimum absolute atomic E-state index is 0.00684. The number of nitrogens with zero attached hydrogens (tertiary/aromatic N) is 2. The van der Waals surface area contributed by atoms with Gasteiger partial charge < -0.3 is 19.7 Å². The highest BCUT2D eigenvalue weighted by molar-refractivity contribution is 6.04. The molecular weight excluding hydrogens is 550 g/mol. The average Bonchev–Trinajstić information content (AvgIpc) is 3.00.